The van der Waals surface area contributed by atoms with Crippen LogP contribution in [0.25, 0.3) is 0 Å². The van der Waals surface area contributed by atoms with Gasteiger partial charge in [0.2, 0.25) is 0 Å². The summed E-state index contributed by atoms with van der Waals surface area (Å²) in [5.74, 6) is -1.48. The summed E-state index contributed by atoms with van der Waals surface area (Å²) < 4.78 is 17.2. The maximum Gasteiger partial charge on any atom is 0.362 e. The quantitative estimate of drug-likeness (QED) is 0.0287. The number of carbonyl (C=O) groups is 3. The Balaban J connectivity index is 4.24. The van der Waals surface area contributed by atoms with Crippen molar-refractivity contribution in [2.24, 2.45) is 0 Å². The molecule has 0 saturated carbocycles. The molecule has 0 fully saturated rings. The topological polar surface area (TPSA) is 99.1 Å². The Morgan fingerprint density at radius 2 is 0.944 bits per heavy atom. The van der Waals surface area contributed by atoms with E-state index < -0.39 is 18.1 Å². The molecule has 0 amide bonds. The summed E-state index contributed by atoms with van der Waals surface area (Å²) in [5, 5.41) is 9.60. The minimum Gasteiger partial charge on any atom is -0.477 e. The van der Waals surface area contributed by atoms with E-state index in [2.05, 4.69) is 38.2 Å². The van der Waals surface area contributed by atoms with Crippen LogP contribution < -0.4 is 0 Å². The van der Waals surface area contributed by atoms with Crippen LogP contribution >= 0.6 is 0 Å². The van der Waals surface area contributed by atoms with Crippen molar-refractivity contribution in [2.75, 3.05) is 41.0 Å². The van der Waals surface area contributed by atoms with Crippen LogP contribution in [0.1, 0.15) is 200 Å². The number of allylic oxidation sites excluding steroid dienone is 4. The maximum absolute atomic E-state index is 12.6. The zero-order chi connectivity index (χ0) is 40.0. The van der Waals surface area contributed by atoms with Gasteiger partial charge in [0.05, 0.1) is 34.4 Å². The molecule has 8 heteroatoms. The van der Waals surface area contributed by atoms with Gasteiger partial charge in [-0.2, -0.15) is 0 Å². The zero-order valence-electron chi connectivity index (χ0n) is 35.9. The summed E-state index contributed by atoms with van der Waals surface area (Å²) in [6.07, 6.45) is 40.8. The van der Waals surface area contributed by atoms with Crippen LogP contribution in [0.2, 0.25) is 0 Å². The highest BCUT2D eigenvalue weighted by molar-refractivity contribution is 5.72. The van der Waals surface area contributed by atoms with Gasteiger partial charge in [0, 0.05) is 19.3 Å². The Morgan fingerprint density at radius 3 is 1.39 bits per heavy atom. The second kappa shape index (κ2) is 37.7. The van der Waals surface area contributed by atoms with Crippen LogP contribution in [0.3, 0.4) is 0 Å². The van der Waals surface area contributed by atoms with Gasteiger partial charge in [0.15, 0.2) is 12.1 Å². The molecule has 0 aromatic heterocycles. The van der Waals surface area contributed by atoms with Gasteiger partial charge < -0.3 is 23.8 Å². The molecule has 0 aromatic rings. The van der Waals surface area contributed by atoms with Crippen LogP contribution in [0, 0.1) is 0 Å². The van der Waals surface area contributed by atoms with Crippen LogP contribution in [-0.2, 0) is 28.6 Å². The number of carboxylic acids is 1. The van der Waals surface area contributed by atoms with Gasteiger partial charge >= 0.3 is 17.9 Å². The number of likely N-dealkylation sites (N-methyl/N-ethyl adjacent to an activating group) is 1. The molecule has 54 heavy (non-hydrogen) atoms. The van der Waals surface area contributed by atoms with E-state index in [4.69, 9.17) is 14.2 Å². The van der Waals surface area contributed by atoms with E-state index in [1.165, 1.54) is 109 Å². The molecule has 0 aliphatic rings. The van der Waals surface area contributed by atoms with E-state index in [0.717, 1.165) is 57.8 Å². The third-order valence-electron chi connectivity index (χ3n) is 10.1. The lowest BCUT2D eigenvalue weighted by Crippen LogP contribution is -2.50. The van der Waals surface area contributed by atoms with Gasteiger partial charge in [-0.1, -0.05) is 147 Å². The number of ether oxygens (including phenoxy) is 3. The molecule has 0 aliphatic heterocycles. The van der Waals surface area contributed by atoms with Gasteiger partial charge in [-0.3, -0.25) is 9.59 Å². The van der Waals surface area contributed by atoms with E-state index >= 15 is 0 Å². The summed E-state index contributed by atoms with van der Waals surface area (Å²) in [4.78, 5) is 36.9. The molecule has 1 N–H and O–H groups in total. The third-order valence-corrected chi connectivity index (χ3v) is 10.1. The minimum atomic E-state index is -0.877. The average molecular weight is 765 g/mol. The number of quaternary nitrogens is 1. The zero-order valence-corrected chi connectivity index (χ0v) is 35.9. The molecule has 0 spiro atoms. The number of rotatable bonds is 40. The van der Waals surface area contributed by atoms with Crippen molar-refractivity contribution in [1.82, 2.24) is 0 Å². The first-order valence-electron chi connectivity index (χ1n) is 22.4. The van der Waals surface area contributed by atoms with Gasteiger partial charge in [0.1, 0.15) is 6.61 Å². The van der Waals surface area contributed by atoms with Crippen molar-refractivity contribution in [2.45, 2.75) is 212 Å². The molecule has 0 aliphatic carbocycles. The second-order valence-electron chi connectivity index (χ2n) is 16.3. The number of aliphatic carboxylic acids is 1. The SMILES string of the molecule is CCCC/C=C/CCCCCCC(=O)OC(COCCC(C(=O)O)[N+](C)(C)C)COC(=O)CCCCCCCCC/C=C/CCCCCCCCCCC. The Kier molecular flexibility index (Phi) is 36.2. The predicted octanol–water partition coefficient (Wildman–Crippen LogP) is 12.1. The molecule has 0 radical (unpaired) electrons. The predicted molar refractivity (Wildman–Crippen MR) is 225 cm³/mol. The first kappa shape index (κ1) is 51.8. The lowest BCUT2D eigenvalue weighted by Gasteiger charge is -2.31. The van der Waals surface area contributed by atoms with Crippen LogP contribution in [0.4, 0.5) is 0 Å². The van der Waals surface area contributed by atoms with Crippen molar-refractivity contribution in [3.8, 4) is 0 Å². The van der Waals surface area contributed by atoms with Crippen LogP contribution in [-0.4, -0.2) is 80.6 Å². The average Bonchev–Trinajstić information content (AvgIpc) is 3.12. The first-order chi connectivity index (χ1) is 26.1. The highest BCUT2D eigenvalue weighted by Crippen LogP contribution is 2.14. The van der Waals surface area contributed by atoms with Crippen molar-refractivity contribution in [1.29, 1.82) is 0 Å². The largest absolute Gasteiger partial charge is 0.477 e. The summed E-state index contributed by atoms with van der Waals surface area (Å²) in [6, 6.07) is -0.614. The number of hydrogen-bond donors (Lipinski definition) is 1. The number of carboxylic acid groups (broad SMARTS) is 1. The normalized spacial score (nSPS) is 13.1. The van der Waals surface area contributed by atoms with Crippen molar-refractivity contribution >= 4 is 17.9 Å². The molecule has 8 nitrogen and oxygen atoms in total. The minimum absolute atomic E-state index is 0.0553. The smallest absolute Gasteiger partial charge is 0.362 e. The lowest BCUT2D eigenvalue weighted by molar-refractivity contribution is -0.887. The highest BCUT2D eigenvalue weighted by atomic mass is 16.6. The number of nitrogens with zero attached hydrogens (tertiary/aromatic N) is 1. The fraction of sp³-hybridized carbons (Fsp3) is 0.848. The molecule has 0 rings (SSSR count). The monoisotopic (exact) mass is 765 g/mol. The van der Waals surface area contributed by atoms with Crippen molar-refractivity contribution in [3.05, 3.63) is 24.3 Å². The van der Waals surface area contributed by atoms with Gasteiger partial charge in [-0.15, -0.1) is 0 Å². The second-order valence-corrected chi connectivity index (χ2v) is 16.3. The molecule has 0 heterocycles. The molecule has 2 unspecified atom stereocenters. The van der Waals surface area contributed by atoms with E-state index in [-0.39, 0.29) is 36.2 Å². The molecule has 0 saturated heterocycles. The Hall–Kier alpha value is -2.19. The van der Waals surface area contributed by atoms with Crippen molar-refractivity contribution in [3.63, 3.8) is 0 Å². The fourth-order valence-electron chi connectivity index (χ4n) is 6.54. The van der Waals surface area contributed by atoms with Gasteiger partial charge in [0.25, 0.3) is 0 Å². The number of hydrogen-bond acceptors (Lipinski definition) is 6. The number of esters is 2. The number of carbonyl (C=O) groups excluding carboxylic acids is 2. The molecular weight excluding hydrogens is 679 g/mol. The van der Waals surface area contributed by atoms with Gasteiger partial charge in [-0.25, -0.2) is 4.79 Å². The summed E-state index contributed by atoms with van der Waals surface area (Å²) in [7, 11) is 5.52. The standard InChI is InChI=1S/C46H85NO7/c1-6-8-10-12-14-16-18-19-20-21-22-23-24-25-26-27-29-30-32-34-36-44(48)53-41-42(40-52-39-38-43(46(50)51)47(3,4)5)54-45(49)37-35-33-31-28-17-15-13-11-9-7-2/h13,15,22-23,42-43H,6-12,14,16-21,24-41H2,1-5H3/p+1/b15-13+,23-22+. The van der Waals surface area contributed by atoms with E-state index in [1.807, 2.05) is 21.1 Å². The first-order valence-corrected chi connectivity index (χ1v) is 22.4. The highest BCUT2D eigenvalue weighted by Gasteiger charge is 2.31. The summed E-state index contributed by atoms with van der Waals surface area (Å²) in [6.45, 7) is 4.68. The van der Waals surface area contributed by atoms with Crippen LogP contribution in [0.15, 0.2) is 24.3 Å². The van der Waals surface area contributed by atoms with Crippen molar-refractivity contribution < 1.29 is 38.2 Å². The van der Waals surface area contributed by atoms with E-state index in [1.54, 1.807) is 0 Å². The lowest BCUT2D eigenvalue weighted by atomic mass is 10.1. The maximum atomic E-state index is 12.6. The van der Waals surface area contributed by atoms with E-state index in [9.17, 15) is 19.5 Å². The molecular formula is C46H86NO7+. The molecule has 0 bridgehead atoms. The third kappa shape index (κ3) is 35.5. The number of unbranched alkanes of at least 4 members (excludes halogenated alkanes) is 22. The Labute approximate surface area is 332 Å². The Bertz CT molecular complexity index is 942. The fourth-order valence-corrected chi connectivity index (χ4v) is 6.54. The van der Waals surface area contributed by atoms with Crippen LogP contribution in [0.5, 0.6) is 0 Å². The molecule has 2 atom stereocenters. The van der Waals surface area contributed by atoms with Gasteiger partial charge in [-0.05, 0) is 57.8 Å². The summed E-state index contributed by atoms with van der Waals surface area (Å²) >= 11 is 0. The Morgan fingerprint density at radius 1 is 0.537 bits per heavy atom. The van der Waals surface area contributed by atoms with E-state index in [0.29, 0.717) is 19.3 Å². The molecule has 316 valence electrons. The summed E-state index contributed by atoms with van der Waals surface area (Å²) in [5.41, 5.74) is 0. The molecule has 0 aromatic carbocycles.